The molecule has 0 bridgehead atoms. The average molecular weight is 261 g/mol. The van der Waals surface area contributed by atoms with Crippen molar-refractivity contribution in [1.29, 1.82) is 0 Å². The highest BCUT2D eigenvalue weighted by atomic mass is 35.5. The van der Waals surface area contributed by atoms with Gasteiger partial charge in [0.1, 0.15) is 5.69 Å². The summed E-state index contributed by atoms with van der Waals surface area (Å²) in [5, 5.41) is 2.63. The van der Waals surface area contributed by atoms with Crippen molar-refractivity contribution >= 4 is 33.9 Å². The van der Waals surface area contributed by atoms with E-state index in [4.69, 9.17) is 11.6 Å². The maximum atomic E-state index is 11.4. The number of nitrogens with zero attached hydrogens (tertiary/aromatic N) is 2. The fourth-order valence-corrected chi connectivity index (χ4v) is 2.21. The summed E-state index contributed by atoms with van der Waals surface area (Å²) in [5.74, 6) is -0.129. The minimum atomic E-state index is -0.119. The lowest BCUT2D eigenvalue weighted by Crippen LogP contribution is -2.40. The van der Waals surface area contributed by atoms with Crippen LogP contribution in [0.2, 0.25) is 0 Å². The molecule has 0 saturated heterocycles. The third kappa shape index (κ3) is 2.74. The molecule has 0 aromatic carbocycles. The Labute approximate surface area is 105 Å². The molecule has 1 aromatic rings. The SMILES string of the molecule is CCC(C)(C)N(C)c1nc(C(=O)CCl)cs1. The number of carbonyl (C=O) groups excluding carboxylic acids is 1. The summed E-state index contributed by atoms with van der Waals surface area (Å²) >= 11 is 6.97. The first-order valence-electron chi connectivity index (χ1n) is 5.21. The van der Waals surface area contributed by atoms with Crippen molar-refractivity contribution < 1.29 is 4.79 Å². The first kappa shape index (κ1) is 13.5. The van der Waals surface area contributed by atoms with E-state index in [1.165, 1.54) is 11.3 Å². The summed E-state index contributed by atoms with van der Waals surface area (Å²) in [6.45, 7) is 6.43. The molecular weight excluding hydrogens is 244 g/mol. The Bertz CT molecular complexity index is 376. The molecular formula is C11H17ClN2OS. The molecule has 1 aromatic heterocycles. The van der Waals surface area contributed by atoms with Gasteiger partial charge < -0.3 is 4.90 Å². The number of aromatic nitrogens is 1. The Morgan fingerprint density at radius 1 is 1.62 bits per heavy atom. The minimum absolute atomic E-state index is 0.00986. The summed E-state index contributed by atoms with van der Waals surface area (Å²) in [5.41, 5.74) is 0.507. The number of halogens is 1. The van der Waals surface area contributed by atoms with Crippen LogP contribution in [0.5, 0.6) is 0 Å². The van der Waals surface area contributed by atoms with Crippen molar-refractivity contribution in [2.45, 2.75) is 32.7 Å². The van der Waals surface area contributed by atoms with E-state index in [-0.39, 0.29) is 17.2 Å². The highest BCUT2D eigenvalue weighted by Crippen LogP contribution is 2.27. The van der Waals surface area contributed by atoms with E-state index < -0.39 is 0 Å². The predicted molar refractivity (Wildman–Crippen MR) is 69.9 cm³/mol. The van der Waals surface area contributed by atoms with Crippen molar-refractivity contribution in [3.05, 3.63) is 11.1 Å². The highest BCUT2D eigenvalue weighted by molar-refractivity contribution is 7.14. The van der Waals surface area contributed by atoms with Gasteiger partial charge in [-0.3, -0.25) is 4.79 Å². The zero-order chi connectivity index (χ0) is 12.3. The van der Waals surface area contributed by atoms with Gasteiger partial charge in [-0.15, -0.1) is 22.9 Å². The van der Waals surface area contributed by atoms with Crippen LogP contribution in [0, 0.1) is 0 Å². The van der Waals surface area contributed by atoms with Gasteiger partial charge in [0.15, 0.2) is 10.9 Å². The highest BCUT2D eigenvalue weighted by Gasteiger charge is 2.24. The van der Waals surface area contributed by atoms with Crippen LogP contribution >= 0.6 is 22.9 Å². The lowest BCUT2D eigenvalue weighted by Gasteiger charge is -2.34. The van der Waals surface area contributed by atoms with E-state index in [0.717, 1.165) is 11.6 Å². The molecule has 0 radical (unpaired) electrons. The molecule has 16 heavy (non-hydrogen) atoms. The first-order chi connectivity index (χ1) is 7.42. The Kier molecular flexibility index (Phi) is 4.33. The number of carbonyl (C=O) groups is 1. The fraction of sp³-hybridized carbons (Fsp3) is 0.636. The third-order valence-electron chi connectivity index (χ3n) is 2.96. The maximum absolute atomic E-state index is 11.4. The smallest absolute Gasteiger partial charge is 0.196 e. The number of ketones is 1. The van der Waals surface area contributed by atoms with Gasteiger partial charge in [0.2, 0.25) is 0 Å². The number of alkyl halides is 1. The van der Waals surface area contributed by atoms with Gasteiger partial charge in [-0.1, -0.05) is 6.92 Å². The Hall–Kier alpha value is -0.610. The van der Waals surface area contributed by atoms with Gasteiger partial charge in [-0.05, 0) is 20.3 Å². The van der Waals surface area contributed by atoms with Gasteiger partial charge in [0.05, 0.1) is 5.88 Å². The molecule has 90 valence electrons. The number of thiazole rings is 1. The molecule has 0 spiro atoms. The zero-order valence-electron chi connectivity index (χ0n) is 10.1. The molecule has 3 nitrogen and oxygen atoms in total. The molecule has 0 aliphatic heterocycles. The van der Waals surface area contributed by atoms with E-state index in [1.807, 2.05) is 7.05 Å². The van der Waals surface area contributed by atoms with Crippen LogP contribution in [0.15, 0.2) is 5.38 Å². The average Bonchev–Trinajstić information content (AvgIpc) is 2.76. The number of anilines is 1. The molecule has 0 aliphatic carbocycles. The van der Waals surface area contributed by atoms with Crippen LogP contribution in [-0.2, 0) is 0 Å². The molecule has 0 atom stereocenters. The summed E-state index contributed by atoms with van der Waals surface area (Å²) < 4.78 is 0. The third-order valence-corrected chi connectivity index (χ3v) is 4.12. The molecule has 0 aliphatic rings. The monoisotopic (exact) mass is 260 g/mol. The van der Waals surface area contributed by atoms with E-state index in [1.54, 1.807) is 5.38 Å². The second-order valence-corrected chi connectivity index (χ2v) is 5.40. The van der Waals surface area contributed by atoms with E-state index in [2.05, 4.69) is 30.7 Å². The van der Waals surface area contributed by atoms with Crippen LogP contribution in [0.4, 0.5) is 5.13 Å². The number of Topliss-reactive ketones (excluding diaryl/α,β-unsaturated/α-hetero) is 1. The van der Waals surface area contributed by atoms with Crippen LogP contribution in [0.25, 0.3) is 0 Å². The molecule has 0 N–H and O–H groups in total. The van der Waals surface area contributed by atoms with Crippen LogP contribution < -0.4 is 4.90 Å². The van der Waals surface area contributed by atoms with Crippen molar-refractivity contribution in [3.63, 3.8) is 0 Å². The molecule has 1 rings (SSSR count). The van der Waals surface area contributed by atoms with Gasteiger partial charge >= 0.3 is 0 Å². The maximum Gasteiger partial charge on any atom is 0.196 e. The second-order valence-electron chi connectivity index (χ2n) is 4.30. The Morgan fingerprint density at radius 3 is 2.75 bits per heavy atom. The van der Waals surface area contributed by atoms with Crippen molar-refractivity contribution in [3.8, 4) is 0 Å². The standard InChI is InChI=1S/C11H17ClN2OS/c1-5-11(2,3)14(4)10-13-8(7-16-10)9(15)6-12/h7H,5-6H2,1-4H3. The molecule has 0 amide bonds. The minimum Gasteiger partial charge on any atom is -0.346 e. The first-order valence-corrected chi connectivity index (χ1v) is 6.62. The largest absolute Gasteiger partial charge is 0.346 e. The van der Waals surface area contributed by atoms with Gasteiger partial charge in [-0.25, -0.2) is 4.98 Å². The number of rotatable bonds is 5. The summed E-state index contributed by atoms with van der Waals surface area (Å²) in [6.07, 6.45) is 1.02. The van der Waals surface area contributed by atoms with Crippen LogP contribution in [0.1, 0.15) is 37.7 Å². The van der Waals surface area contributed by atoms with Gasteiger partial charge in [-0.2, -0.15) is 0 Å². The summed E-state index contributed by atoms with van der Waals surface area (Å²) in [4.78, 5) is 17.8. The summed E-state index contributed by atoms with van der Waals surface area (Å²) in [6, 6.07) is 0. The summed E-state index contributed by atoms with van der Waals surface area (Å²) in [7, 11) is 2.00. The fourth-order valence-electron chi connectivity index (χ4n) is 1.11. The van der Waals surface area contributed by atoms with E-state index >= 15 is 0 Å². The topological polar surface area (TPSA) is 33.2 Å². The van der Waals surface area contributed by atoms with Crippen molar-refractivity contribution in [1.82, 2.24) is 4.98 Å². The Morgan fingerprint density at radius 2 is 2.25 bits per heavy atom. The van der Waals surface area contributed by atoms with Crippen molar-refractivity contribution in [2.75, 3.05) is 17.8 Å². The molecule has 0 saturated carbocycles. The predicted octanol–water partition coefficient (Wildman–Crippen LogP) is 3.19. The quantitative estimate of drug-likeness (QED) is 0.602. The second kappa shape index (κ2) is 5.15. The number of hydrogen-bond donors (Lipinski definition) is 0. The zero-order valence-corrected chi connectivity index (χ0v) is 11.7. The van der Waals surface area contributed by atoms with Crippen LogP contribution in [-0.4, -0.2) is 29.2 Å². The van der Waals surface area contributed by atoms with Gasteiger partial charge in [0.25, 0.3) is 0 Å². The normalized spacial score (nSPS) is 11.6. The lowest BCUT2D eigenvalue weighted by atomic mass is 10.0. The van der Waals surface area contributed by atoms with Gasteiger partial charge in [0, 0.05) is 18.0 Å². The Balaban J connectivity index is 2.90. The molecule has 1 heterocycles. The van der Waals surface area contributed by atoms with E-state index in [9.17, 15) is 4.79 Å². The number of hydrogen-bond acceptors (Lipinski definition) is 4. The van der Waals surface area contributed by atoms with Crippen molar-refractivity contribution in [2.24, 2.45) is 0 Å². The van der Waals surface area contributed by atoms with Crippen LogP contribution in [0.3, 0.4) is 0 Å². The molecule has 0 fully saturated rings. The lowest BCUT2D eigenvalue weighted by molar-refractivity contribution is 0.101. The van der Waals surface area contributed by atoms with E-state index in [0.29, 0.717) is 5.69 Å². The molecule has 5 heteroatoms. The molecule has 0 unspecified atom stereocenters.